The van der Waals surface area contributed by atoms with E-state index in [0.29, 0.717) is 5.88 Å². The minimum absolute atomic E-state index is 0.707. The highest BCUT2D eigenvalue weighted by Crippen LogP contribution is 2.03. The zero-order valence-electron chi connectivity index (χ0n) is 8.49. The van der Waals surface area contributed by atoms with E-state index in [2.05, 4.69) is 10.3 Å². The van der Waals surface area contributed by atoms with Crippen molar-refractivity contribution in [2.75, 3.05) is 12.4 Å². The second-order valence-corrected chi connectivity index (χ2v) is 3.80. The molecule has 1 N–H and O–H groups in total. The lowest BCUT2D eigenvalue weighted by Crippen LogP contribution is -2.15. The Hall–Kier alpha value is -1.06. The lowest BCUT2D eigenvalue weighted by Gasteiger charge is -1.98. The lowest BCUT2D eigenvalue weighted by molar-refractivity contribution is 0.669. The summed E-state index contributed by atoms with van der Waals surface area (Å²) < 4.78 is 2.03. The van der Waals surface area contributed by atoms with Crippen LogP contribution in [0.3, 0.4) is 0 Å². The third-order valence-electron chi connectivity index (χ3n) is 2.21. The van der Waals surface area contributed by atoms with Gasteiger partial charge in [-0.25, -0.2) is 4.98 Å². The minimum Gasteiger partial charge on any atom is -0.311 e. The molecule has 0 radical (unpaired) electrons. The summed E-state index contributed by atoms with van der Waals surface area (Å²) in [5.41, 5.74) is 2.06. The van der Waals surface area contributed by atoms with Crippen molar-refractivity contribution >= 4 is 17.2 Å². The first kappa shape index (κ1) is 10.5. The molecule has 2 aromatic rings. The van der Waals surface area contributed by atoms with Gasteiger partial charge in [-0.1, -0.05) is 6.07 Å². The van der Waals surface area contributed by atoms with E-state index in [1.165, 1.54) is 0 Å². The van der Waals surface area contributed by atoms with E-state index in [0.717, 1.165) is 30.9 Å². The molecule has 0 unspecified atom stereocenters. The van der Waals surface area contributed by atoms with E-state index in [1.54, 1.807) is 0 Å². The van der Waals surface area contributed by atoms with Crippen LogP contribution in [0.5, 0.6) is 0 Å². The molecule has 2 rings (SSSR count). The third kappa shape index (κ3) is 2.70. The van der Waals surface area contributed by atoms with E-state index in [9.17, 15) is 0 Å². The number of rotatable bonds is 5. The standard InChI is InChI=1S/C11H14ClN3/c12-5-3-6-13-8-10-9-15-7-2-1-4-11(15)14-10/h1-2,4,7,9,13H,3,5-6,8H2. The van der Waals surface area contributed by atoms with Crippen molar-refractivity contribution in [3.05, 3.63) is 36.3 Å². The predicted molar refractivity (Wildman–Crippen MR) is 62.2 cm³/mol. The molecule has 0 saturated carbocycles. The molecule has 0 atom stereocenters. The summed E-state index contributed by atoms with van der Waals surface area (Å²) in [7, 11) is 0. The zero-order chi connectivity index (χ0) is 10.5. The van der Waals surface area contributed by atoms with Crippen LogP contribution >= 0.6 is 11.6 Å². The van der Waals surface area contributed by atoms with Crippen LogP contribution in [0.1, 0.15) is 12.1 Å². The molecule has 0 aliphatic carbocycles. The largest absolute Gasteiger partial charge is 0.311 e. The Morgan fingerprint density at radius 1 is 1.40 bits per heavy atom. The summed E-state index contributed by atoms with van der Waals surface area (Å²) in [4.78, 5) is 4.48. The van der Waals surface area contributed by atoms with Crippen molar-refractivity contribution in [3.63, 3.8) is 0 Å². The molecule has 0 fully saturated rings. The van der Waals surface area contributed by atoms with Gasteiger partial charge in [-0.05, 0) is 25.1 Å². The number of hydrogen-bond donors (Lipinski definition) is 1. The molecule has 0 spiro atoms. The number of halogens is 1. The van der Waals surface area contributed by atoms with Crippen molar-refractivity contribution in [1.82, 2.24) is 14.7 Å². The first-order valence-electron chi connectivity index (χ1n) is 5.09. The molecule has 0 amide bonds. The average molecular weight is 224 g/mol. The Bertz CT molecular complexity index is 391. The fraction of sp³-hybridized carbons (Fsp3) is 0.364. The number of fused-ring (bicyclic) bond motifs is 1. The maximum Gasteiger partial charge on any atom is 0.137 e. The second kappa shape index (κ2) is 5.14. The fourth-order valence-corrected chi connectivity index (χ4v) is 1.61. The zero-order valence-corrected chi connectivity index (χ0v) is 9.24. The Kier molecular flexibility index (Phi) is 3.59. The number of imidazole rings is 1. The first-order valence-corrected chi connectivity index (χ1v) is 5.63. The number of aromatic nitrogens is 2. The molecule has 0 saturated heterocycles. The maximum atomic E-state index is 5.59. The Morgan fingerprint density at radius 3 is 3.13 bits per heavy atom. The van der Waals surface area contributed by atoms with Crippen LogP contribution in [-0.4, -0.2) is 21.8 Å². The van der Waals surface area contributed by atoms with Crippen LogP contribution in [-0.2, 0) is 6.54 Å². The Morgan fingerprint density at radius 2 is 2.33 bits per heavy atom. The topological polar surface area (TPSA) is 29.3 Å². The van der Waals surface area contributed by atoms with Gasteiger partial charge < -0.3 is 9.72 Å². The lowest BCUT2D eigenvalue weighted by atomic mass is 10.4. The van der Waals surface area contributed by atoms with Crippen molar-refractivity contribution in [2.24, 2.45) is 0 Å². The molecule has 0 aliphatic rings. The second-order valence-electron chi connectivity index (χ2n) is 3.42. The van der Waals surface area contributed by atoms with Gasteiger partial charge in [0.2, 0.25) is 0 Å². The summed E-state index contributed by atoms with van der Waals surface area (Å²) >= 11 is 5.59. The van der Waals surface area contributed by atoms with Gasteiger partial charge in [0.1, 0.15) is 5.65 Å². The van der Waals surface area contributed by atoms with Crippen molar-refractivity contribution in [2.45, 2.75) is 13.0 Å². The van der Waals surface area contributed by atoms with E-state index in [4.69, 9.17) is 11.6 Å². The van der Waals surface area contributed by atoms with Crippen LogP contribution in [0.25, 0.3) is 5.65 Å². The Labute approximate surface area is 94.1 Å². The van der Waals surface area contributed by atoms with Gasteiger partial charge in [0.15, 0.2) is 0 Å². The molecule has 0 aliphatic heterocycles. The summed E-state index contributed by atoms with van der Waals surface area (Å²) in [6.07, 6.45) is 5.04. The van der Waals surface area contributed by atoms with Gasteiger partial charge in [0, 0.05) is 24.8 Å². The van der Waals surface area contributed by atoms with Crippen LogP contribution < -0.4 is 5.32 Å². The van der Waals surface area contributed by atoms with Crippen LogP contribution in [0, 0.1) is 0 Å². The highest BCUT2D eigenvalue weighted by Gasteiger charge is 1.99. The summed E-state index contributed by atoms with van der Waals surface area (Å²) in [5, 5.41) is 3.30. The van der Waals surface area contributed by atoms with Gasteiger partial charge in [-0.15, -0.1) is 11.6 Å². The van der Waals surface area contributed by atoms with Gasteiger partial charge in [0.05, 0.1) is 5.69 Å². The van der Waals surface area contributed by atoms with Crippen LogP contribution in [0.15, 0.2) is 30.6 Å². The molecule has 0 bridgehead atoms. The number of alkyl halides is 1. The SMILES string of the molecule is ClCCCNCc1cn2ccccc2n1. The number of pyridine rings is 1. The molecule has 4 heteroatoms. The third-order valence-corrected chi connectivity index (χ3v) is 2.47. The predicted octanol–water partition coefficient (Wildman–Crippen LogP) is 2.05. The van der Waals surface area contributed by atoms with Crippen molar-refractivity contribution in [1.29, 1.82) is 0 Å². The fourth-order valence-electron chi connectivity index (χ4n) is 1.48. The molecule has 15 heavy (non-hydrogen) atoms. The molecule has 80 valence electrons. The number of nitrogens with one attached hydrogen (secondary N) is 1. The molecule has 2 aromatic heterocycles. The average Bonchev–Trinajstić information content (AvgIpc) is 2.67. The smallest absolute Gasteiger partial charge is 0.137 e. The maximum absolute atomic E-state index is 5.59. The Balaban J connectivity index is 1.97. The quantitative estimate of drug-likeness (QED) is 0.621. The molecule has 2 heterocycles. The summed E-state index contributed by atoms with van der Waals surface area (Å²) in [6, 6.07) is 5.99. The van der Waals surface area contributed by atoms with Crippen LogP contribution in [0.2, 0.25) is 0 Å². The van der Waals surface area contributed by atoms with E-state index >= 15 is 0 Å². The van der Waals surface area contributed by atoms with Gasteiger partial charge >= 0.3 is 0 Å². The van der Waals surface area contributed by atoms with Gasteiger partial charge in [0.25, 0.3) is 0 Å². The molecular weight excluding hydrogens is 210 g/mol. The normalized spacial score (nSPS) is 11.0. The van der Waals surface area contributed by atoms with Crippen LogP contribution in [0.4, 0.5) is 0 Å². The summed E-state index contributed by atoms with van der Waals surface area (Å²) in [5.74, 6) is 0.707. The van der Waals surface area contributed by atoms with Crippen molar-refractivity contribution in [3.8, 4) is 0 Å². The number of hydrogen-bond acceptors (Lipinski definition) is 2. The van der Waals surface area contributed by atoms with E-state index in [-0.39, 0.29) is 0 Å². The van der Waals surface area contributed by atoms with E-state index < -0.39 is 0 Å². The number of nitrogens with zero attached hydrogens (tertiary/aromatic N) is 2. The summed E-state index contributed by atoms with van der Waals surface area (Å²) in [6.45, 7) is 1.75. The highest BCUT2D eigenvalue weighted by molar-refractivity contribution is 6.17. The first-order chi connectivity index (χ1) is 7.40. The van der Waals surface area contributed by atoms with Gasteiger partial charge in [-0.3, -0.25) is 0 Å². The molecular formula is C11H14ClN3. The molecule has 0 aromatic carbocycles. The highest BCUT2D eigenvalue weighted by atomic mass is 35.5. The van der Waals surface area contributed by atoms with Gasteiger partial charge in [-0.2, -0.15) is 0 Å². The van der Waals surface area contributed by atoms with Crippen molar-refractivity contribution < 1.29 is 0 Å². The monoisotopic (exact) mass is 223 g/mol. The van der Waals surface area contributed by atoms with E-state index in [1.807, 2.05) is 35.0 Å². The molecule has 3 nitrogen and oxygen atoms in total. The minimum atomic E-state index is 0.707.